The molecule has 0 aromatic carbocycles. The highest BCUT2D eigenvalue weighted by Crippen LogP contribution is 2.17. The standard InChI is InChI=1S/C12H18BrN5O2/c1-2-3-15-10-9(6-8(13)7-18-10)11(19)16-4-5-17-12(14)20/h6-7H,2-5H2,1H3,(H,15,18)(H,16,19)(H3,14,17,20). The molecule has 1 heterocycles. The van der Waals surface area contributed by atoms with Crippen LogP contribution in [0.15, 0.2) is 16.7 Å². The van der Waals surface area contributed by atoms with Gasteiger partial charge in [-0.25, -0.2) is 9.78 Å². The number of urea groups is 1. The maximum atomic E-state index is 12.1. The Labute approximate surface area is 125 Å². The highest BCUT2D eigenvalue weighted by Gasteiger charge is 2.12. The van der Waals surface area contributed by atoms with Crippen molar-refractivity contribution in [1.29, 1.82) is 0 Å². The number of nitrogens with zero attached hydrogens (tertiary/aromatic N) is 1. The fourth-order valence-corrected chi connectivity index (χ4v) is 1.78. The second kappa shape index (κ2) is 8.36. The van der Waals surface area contributed by atoms with Gasteiger partial charge in [0.05, 0.1) is 5.56 Å². The molecule has 0 aliphatic rings. The molecular formula is C12H18BrN5O2. The molecule has 3 amide bonds. The van der Waals surface area contributed by atoms with E-state index in [1.165, 1.54) is 0 Å². The van der Waals surface area contributed by atoms with Crippen LogP contribution in [0.4, 0.5) is 10.6 Å². The number of aromatic nitrogens is 1. The maximum Gasteiger partial charge on any atom is 0.312 e. The van der Waals surface area contributed by atoms with Crippen LogP contribution in [0.1, 0.15) is 23.7 Å². The van der Waals surface area contributed by atoms with Crippen molar-refractivity contribution in [1.82, 2.24) is 15.6 Å². The van der Waals surface area contributed by atoms with Gasteiger partial charge in [-0.1, -0.05) is 6.92 Å². The lowest BCUT2D eigenvalue weighted by atomic mass is 10.2. The van der Waals surface area contributed by atoms with Crippen LogP contribution in [0.2, 0.25) is 0 Å². The summed E-state index contributed by atoms with van der Waals surface area (Å²) in [5.41, 5.74) is 5.38. The summed E-state index contributed by atoms with van der Waals surface area (Å²) in [6, 6.07) is 1.08. The van der Waals surface area contributed by atoms with Crippen LogP contribution in [0.5, 0.6) is 0 Å². The third kappa shape index (κ3) is 5.43. The largest absolute Gasteiger partial charge is 0.369 e. The average molecular weight is 344 g/mol. The van der Waals surface area contributed by atoms with Crippen LogP contribution in [0, 0.1) is 0 Å². The summed E-state index contributed by atoms with van der Waals surface area (Å²) in [5.74, 6) is 0.277. The van der Waals surface area contributed by atoms with Gasteiger partial charge in [0.1, 0.15) is 5.82 Å². The third-order valence-corrected chi connectivity index (χ3v) is 2.78. The monoisotopic (exact) mass is 343 g/mol. The van der Waals surface area contributed by atoms with Crippen molar-refractivity contribution >= 4 is 33.7 Å². The van der Waals surface area contributed by atoms with Gasteiger partial charge in [-0.2, -0.15) is 0 Å². The third-order valence-electron chi connectivity index (χ3n) is 2.35. The number of hydrogen-bond donors (Lipinski definition) is 4. The molecule has 8 heteroatoms. The van der Waals surface area contributed by atoms with Crippen LogP contribution in [-0.2, 0) is 0 Å². The van der Waals surface area contributed by atoms with Gasteiger partial charge in [-0.05, 0) is 28.4 Å². The van der Waals surface area contributed by atoms with Gasteiger partial charge in [0.2, 0.25) is 0 Å². The summed E-state index contributed by atoms with van der Waals surface area (Å²) in [6.45, 7) is 3.33. The molecule has 0 spiro atoms. The van der Waals surface area contributed by atoms with Gasteiger partial charge < -0.3 is 21.7 Å². The van der Waals surface area contributed by atoms with E-state index in [9.17, 15) is 9.59 Å². The zero-order valence-corrected chi connectivity index (χ0v) is 12.8. The number of anilines is 1. The molecule has 0 saturated carbocycles. The molecule has 0 radical (unpaired) electrons. The van der Waals surface area contributed by atoms with E-state index in [2.05, 4.69) is 36.9 Å². The van der Waals surface area contributed by atoms with Crippen LogP contribution < -0.4 is 21.7 Å². The van der Waals surface area contributed by atoms with Gasteiger partial charge in [0.25, 0.3) is 5.91 Å². The number of primary amides is 1. The van der Waals surface area contributed by atoms with E-state index >= 15 is 0 Å². The Morgan fingerprint density at radius 3 is 2.65 bits per heavy atom. The lowest BCUT2D eigenvalue weighted by molar-refractivity contribution is 0.0954. The lowest BCUT2D eigenvalue weighted by Gasteiger charge is -2.11. The Kier molecular flexibility index (Phi) is 6.78. The highest BCUT2D eigenvalue weighted by atomic mass is 79.9. The Morgan fingerprint density at radius 2 is 2.00 bits per heavy atom. The molecule has 7 nitrogen and oxygen atoms in total. The Bertz CT molecular complexity index is 481. The average Bonchev–Trinajstić information content (AvgIpc) is 2.41. The fraction of sp³-hybridized carbons (Fsp3) is 0.417. The summed E-state index contributed by atoms with van der Waals surface area (Å²) in [6.07, 6.45) is 2.56. The van der Waals surface area contributed by atoms with E-state index in [0.717, 1.165) is 17.4 Å². The van der Waals surface area contributed by atoms with Crippen molar-refractivity contribution in [2.75, 3.05) is 25.0 Å². The smallest absolute Gasteiger partial charge is 0.312 e. The Morgan fingerprint density at radius 1 is 1.30 bits per heavy atom. The summed E-state index contributed by atoms with van der Waals surface area (Å²) in [7, 11) is 0. The van der Waals surface area contributed by atoms with E-state index in [4.69, 9.17) is 5.73 Å². The van der Waals surface area contributed by atoms with Crippen molar-refractivity contribution in [3.05, 3.63) is 22.3 Å². The zero-order valence-electron chi connectivity index (χ0n) is 11.2. The summed E-state index contributed by atoms with van der Waals surface area (Å²) in [4.78, 5) is 26.8. The van der Waals surface area contributed by atoms with Gasteiger partial charge in [0.15, 0.2) is 0 Å². The fourth-order valence-electron chi connectivity index (χ4n) is 1.45. The summed E-state index contributed by atoms with van der Waals surface area (Å²) >= 11 is 3.29. The Hall–Kier alpha value is -1.83. The van der Waals surface area contributed by atoms with Gasteiger partial charge >= 0.3 is 6.03 Å². The first kappa shape index (κ1) is 16.2. The molecule has 1 aromatic rings. The van der Waals surface area contributed by atoms with Gasteiger partial charge in [0, 0.05) is 30.3 Å². The van der Waals surface area contributed by atoms with Gasteiger partial charge in [-0.15, -0.1) is 0 Å². The quantitative estimate of drug-likeness (QED) is 0.555. The van der Waals surface area contributed by atoms with Crippen LogP contribution >= 0.6 is 15.9 Å². The van der Waals surface area contributed by atoms with E-state index in [-0.39, 0.29) is 12.5 Å². The van der Waals surface area contributed by atoms with Crippen molar-refractivity contribution in [3.63, 3.8) is 0 Å². The topological polar surface area (TPSA) is 109 Å². The number of carbonyl (C=O) groups is 2. The van der Waals surface area contributed by atoms with Gasteiger partial charge in [-0.3, -0.25) is 4.79 Å². The number of hydrogen-bond acceptors (Lipinski definition) is 4. The van der Waals surface area contributed by atoms with Crippen molar-refractivity contribution < 1.29 is 9.59 Å². The summed E-state index contributed by atoms with van der Waals surface area (Å²) < 4.78 is 0.722. The number of nitrogens with one attached hydrogen (secondary N) is 3. The van der Waals surface area contributed by atoms with Crippen molar-refractivity contribution in [2.24, 2.45) is 5.73 Å². The summed E-state index contributed by atoms with van der Waals surface area (Å²) in [5, 5.41) is 8.18. The minimum absolute atomic E-state index is 0.260. The number of amides is 3. The van der Waals surface area contributed by atoms with Crippen molar-refractivity contribution in [2.45, 2.75) is 13.3 Å². The molecule has 0 unspecified atom stereocenters. The van der Waals surface area contributed by atoms with Crippen molar-refractivity contribution in [3.8, 4) is 0 Å². The highest BCUT2D eigenvalue weighted by molar-refractivity contribution is 9.10. The van der Waals surface area contributed by atoms with E-state index in [0.29, 0.717) is 17.9 Å². The first-order valence-electron chi connectivity index (χ1n) is 6.25. The van der Waals surface area contributed by atoms with E-state index < -0.39 is 6.03 Å². The number of nitrogens with two attached hydrogens (primary N) is 1. The predicted octanol–water partition coefficient (Wildman–Crippen LogP) is 1.06. The molecule has 110 valence electrons. The maximum absolute atomic E-state index is 12.1. The molecule has 1 rings (SSSR count). The minimum Gasteiger partial charge on any atom is -0.369 e. The molecule has 0 fully saturated rings. The number of halogens is 1. The second-order valence-corrected chi connectivity index (χ2v) is 4.94. The molecule has 0 atom stereocenters. The molecular weight excluding hydrogens is 326 g/mol. The first-order valence-corrected chi connectivity index (χ1v) is 7.04. The minimum atomic E-state index is -0.617. The van der Waals surface area contributed by atoms with E-state index in [1.54, 1.807) is 12.3 Å². The number of rotatable bonds is 7. The lowest BCUT2D eigenvalue weighted by Crippen LogP contribution is -2.37. The number of pyridine rings is 1. The van der Waals surface area contributed by atoms with E-state index in [1.807, 2.05) is 6.92 Å². The van der Waals surface area contributed by atoms with Crippen LogP contribution in [-0.4, -0.2) is 36.6 Å². The first-order chi connectivity index (χ1) is 9.54. The molecule has 1 aromatic heterocycles. The predicted molar refractivity (Wildman–Crippen MR) is 80.6 cm³/mol. The molecule has 0 aliphatic carbocycles. The molecule has 5 N–H and O–H groups in total. The zero-order chi connectivity index (χ0) is 15.0. The molecule has 0 saturated heterocycles. The molecule has 0 aliphatic heterocycles. The molecule has 0 bridgehead atoms. The second-order valence-electron chi connectivity index (χ2n) is 4.02. The van der Waals surface area contributed by atoms with Crippen LogP contribution in [0.25, 0.3) is 0 Å². The normalized spacial score (nSPS) is 9.90. The Balaban J connectivity index is 2.65. The SMILES string of the molecule is CCCNc1ncc(Br)cc1C(=O)NCCNC(N)=O. The van der Waals surface area contributed by atoms with Crippen LogP contribution in [0.3, 0.4) is 0 Å². The molecule has 20 heavy (non-hydrogen) atoms. The number of carbonyl (C=O) groups excluding carboxylic acids is 2.